The van der Waals surface area contributed by atoms with Crippen molar-refractivity contribution >= 4 is 17.7 Å². The van der Waals surface area contributed by atoms with Crippen LogP contribution < -0.4 is 5.32 Å². The number of anilines is 1. The number of carbonyl (C=O) groups is 2. The molecule has 152 valence electrons. The highest BCUT2D eigenvalue weighted by Crippen LogP contribution is 2.50. The van der Waals surface area contributed by atoms with E-state index in [2.05, 4.69) is 11.4 Å². The predicted molar refractivity (Wildman–Crippen MR) is 110 cm³/mol. The number of benzene rings is 2. The summed E-state index contributed by atoms with van der Waals surface area (Å²) < 4.78 is 4.83. The van der Waals surface area contributed by atoms with Gasteiger partial charge in [0.15, 0.2) is 0 Å². The van der Waals surface area contributed by atoms with Crippen molar-refractivity contribution in [1.82, 2.24) is 4.90 Å². The first kappa shape index (κ1) is 19.3. The summed E-state index contributed by atoms with van der Waals surface area (Å²) in [5.41, 5.74) is 5.76. The third-order valence-electron chi connectivity index (χ3n) is 6.21. The number of methoxy groups -OCH3 is 1. The predicted octanol–water partition coefficient (Wildman–Crippen LogP) is 4.69. The van der Waals surface area contributed by atoms with Crippen LogP contribution in [-0.2, 0) is 4.74 Å². The average Bonchev–Trinajstić information content (AvgIpc) is 2.72. The third kappa shape index (κ3) is 3.33. The molecule has 2 N–H and O–H groups in total. The number of piperidine rings is 1. The molecular weight excluding hydrogens is 368 g/mol. The fourth-order valence-electron chi connectivity index (χ4n) is 4.90. The molecule has 1 fully saturated rings. The summed E-state index contributed by atoms with van der Waals surface area (Å²) in [6.07, 6.45) is 0.912. The number of esters is 1. The van der Waals surface area contributed by atoms with E-state index in [9.17, 15) is 14.7 Å². The number of amides is 1. The smallest absolute Gasteiger partial charge is 0.407 e. The Hall–Kier alpha value is -3.02. The first-order chi connectivity index (χ1) is 13.9. The zero-order valence-corrected chi connectivity index (χ0v) is 16.9. The molecule has 4 rings (SSSR count). The van der Waals surface area contributed by atoms with E-state index in [0.717, 1.165) is 40.8 Å². The van der Waals surface area contributed by atoms with Crippen LogP contribution in [0.25, 0.3) is 0 Å². The van der Waals surface area contributed by atoms with Crippen LogP contribution in [0, 0.1) is 19.8 Å². The van der Waals surface area contributed by atoms with Crippen LogP contribution in [0.3, 0.4) is 0 Å². The Labute approximate surface area is 170 Å². The lowest BCUT2D eigenvalue weighted by Gasteiger charge is -2.48. The fraction of sp³-hybridized carbons (Fsp3) is 0.391. The summed E-state index contributed by atoms with van der Waals surface area (Å²) in [5.74, 6) is -0.235. The minimum atomic E-state index is -0.870. The lowest BCUT2D eigenvalue weighted by atomic mass is 9.73. The Morgan fingerprint density at radius 2 is 1.93 bits per heavy atom. The number of nitrogens with zero attached hydrogens (tertiary/aromatic N) is 1. The molecule has 0 aromatic heterocycles. The van der Waals surface area contributed by atoms with Crippen molar-refractivity contribution in [2.24, 2.45) is 5.92 Å². The normalized spacial score (nSPS) is 22.9. The number of ether oxygens (including phenoxy) is 1. The quantitative estimate of drug-likeness (QED) is 0.723. The lowest BCUT2D eigenvalue weighted by molar-refractivity contribution is 0.0599. The zero-order valence-electron chi connectivity index (χ0n) is 16.9. The van der Waals surface area contributed by atoms with Crippen LogP contribution >= 0.6 is 0 Å². The summed E-state index contributed by atoms with van der Waals surface area (Å²) in [5, 5.41) is 13.5. The van der Waals surface area contributed by atoms with Crippen LogP contribution in [0.5, 0.6) is 0 Å². The Morgan fingerprint density at radius 1 is 1.14 bits per heavy atom. The van der Waals surface area contributed by atoms with E-state index >= 15 is 0 Å². The van der Waals surface area contributed by atoms with Crippen LogP contribution in [-0.4, -0.2) is 35.7 Å². The molecule has 1 saturated heterocycles. The molecule has 0 saturated carbocycles. The molecule has 0 radical (unpaired) electrons. The second kappa shape index (κ2) is 7.43. The van der Waals surface area contributed by atoms with Crippen LogP contribution in [0.4, 0.5) is 10.5 Å². The largest absolute Gasteiger partial charge is 0.465 e. The zero-order chi connectivity index (χ0) is 20.7. The summed E-state index contributed by atoms with van der Waals surface area (Å²) in [7, 11) is 1.38. The summed E-state index contributed by atoms with van der Waals surface area (Å²) in [6.45, 7) is 4.57. The molecule has 2 aliphatic rings. The first-order valence-electron chi connectivity index (χ1n) is 9.96. The molecule has 6 heteroatoms. The van der Waals surface area contributed by atoms with E-state index < -0.39 is 6.09 Å². The van der Waals surface area contributed by atoms with Crippen molar-refractivity contribution in [3.05, 3.63) is 64.2 Å². The van der Waals surface area contributed by atoms with Gasteiger partial charge in [-0.05, 0) is 61.6 Å². The Kier molecular flexibility index (Phi) is 4.94. The van der Waals surface area contributed by atoms with Crippen molar-refractivity contribution in [1.29, 1.82) is 0 Å². The molecule has 2 aromatic carbocycles. The molecule has 0 bridgehead atoms. The van der Waals surface area contributed by atoms with Gasteiger partial charge in [0.05, 0.1) is 24.8 Å². The molecule has 0 spiro atoms. The van der Waals surface area contributed by atoms with E-state index in [-0.39, 0.29) is 24.0 Å². The number of likely N-dealkylation sites (tertiary alicyclic amines) is 1. The lowest BCUT2D eigenvalue weighted by Crippen LogP contribution is -2.47. The van der Waals surface area contributed by atoms with Crippen LogP contribution in [0.1, 0.15) is 57.5 Å². The van der Waals surface area contributed by atoms with Gasteiger partial charge in [-0.3, -0.25) is 0 Å². The van der Waals surface area contributed by atoms with E-state index in [1.807, 2.05) is 38.1 Å². The average molecular weight is 394 g/mol. The van der Waals surface area contributed by atoms with Gasteiger partial charge in [0.25, 0.3) is 0 Å². The molecule has 2 aromatic rings. The van der Waals surface area contributed by atoms with E-state index in [1.54, 1.807) is 11.0 Å². The highest BCUT2D eigenvalue weighted by Gasteiger charge is 2.44. The highest BCUT2D eigenvalue weighted by atomic mass is 16.5. The van der Waals surface area contributed by atoms with Gasteiger partial charge in [0.2, 0.25) is 0 Å². The van der Waals surface area contributed by atoms with E-state index in [0.29, 0.717) is 12.1 Å². The Balaban J connectivity index is 1.80. The topological polar surface area (TPSA) is 78.9 Å². The molecular formula is C23H26N2O4. The van der Waals surface area contributed by atoms with Gasteiger partial charge in [-0.1, -0.05) is 23.8 Å². The van der Waals surface area contributed by atoms with E-state index in [4.69, 9.17) is 4.74 Å². The molecule has 0 aliphatic carbocycles. The molecule has 3 unspecified atom stereocenters. The SMILES string of the molecule is COC(=O)c1ccc(C2Nc3ccc(C)cc3C3C2CCCN3C(=O)O)c(C)c1. The van der Waals surface area contributed by atoms with E-state index in [1.165, 1.54) is 7.11 Å². The van der Waals surface area contributed by atoms with Gasteiger partial charge < -0.3 is 20.1 Å². The maximum atomic E-state index is 12.0. The van der Waals surface area contributed by atoms with Gasteiger partial charge in [0, 0.05) is 18.2 Å². The number of aryl methyl sites for hydroxylation is 2. The number of carbonyl (C=O) groups excluding carboxylic acids is 1. The summed E-state index contributed by atoms with van der Waals surface area (Å²) in [4.78, 5) is 25.5. The molecule has 29 heavy (non-hydrogen) atoms. The van der Waals surface area contributed by atoms with Crippen molar-refractivity contribution in [3.8, 4) is 0 Å². The van der Waals surface area contributed by atoms with Crippen molar-refractivity contribution in [2.75, 3.05) is 19.0 Å². The summed E-state index contributed by atoms with van der Waals surface area (Å²) in [6, 6.07) is 11.6. The number of rotatable bonds is 2. The van der Waals surface area contributed by atoms with Crippen LogP contribution in [0.2, 0.25) is 0 Å². The first-order valence-corrected chi connectivity index (χ1v) is 9.96. The minimum absolute atomic E-state index is 0.0240. The second-order valence-corrected chi connectivity index (χ2v) is 8.00. The minimum Gasteiger partial charge on any atom is -0.465 e. The van der Waals surface area contributed by atoms with Crippen molar-refractivity contribution < 1.29 is 19.4 Å². The molecule has 6 nitrogen and oxygen atoms in total. The second-order valence-electron chi connectivity index (χ2n) is 8.00. The Morgan fingerprint density at radius 3 is 2.62 bits per heavy atom. The van der Waals surface area contributed by atoms with Crippen molar-refractivity contribution in [2.45, 2.75) is 38.8 Å². The van der Waals surface area contributed by atoms with Crippen molar-refractivity contribution in [3.63, 3.8) is 0 Å². The molecule has 1 amide bonds. The summed E-state index contributed by atoms with van der Waals surface area (Å²) >= 11 is 0. The maximum absolute atomic E-state index is 12.0. The molecule has 3 atom stereocenters. The fourth-order valence-corrected chi connectivity index (χ4v) is 4.90. The number of carboxylic acid groups (broad SMARTS) is 1. The van der Waals surface area contributed by atoms with Gasteiger partial charge in [-0.2, -0.15) is 0 Å². The monoisotopic (exact) mass is 394 g/mol. The number of fused-ring (bicyclic) bond motifs is 3. The highest BCUT2D eigenvalue weighted by molar-refractivity contribution is 5.89. The molecule has 2 heterocycles. The molecule has 2 aliphatic heterocycles. The number of hydrogen-bond donors (Lipinski definition) is 2. The third-order valence-corrected chi connectivity index (χ3v) is 6.21. The number of nitrogens with one attached hydrogen (secondary N) is 1. The standard InChI is InChI=1S/C23H26N2O4/c1-13-6-9-19-18(11-13)21-17(5-4-10-25(21)23(27)28)20(24-19)16-8-7-15(12-14(16)2)22(26)29-3/h6-9,11-12,17,20-21,24H,4-5,10H2,1-3H3,(H,27,28). The van der Waals surface area contributed by atoms with Gasteiger partial charge in [-0.15, -0.1) is 0 Å². The Bertz CT molecular complexity index is 971. The van der Waals surface area contributed by atoms with Gasteiger partial charge >= 0.3 is 12.1 Å². The maximum Gasteiger partial charge on any atom is 0.407 e. The van der Waals surface area contributed by atoms with Gasteiger partial charge in [-0.25, -0.2) is 9.59 Å². The number of hydrogen-bond acceptors (Lipinski definition) is 4. The van der Waals surface area contributed by atoms with Gasteiger partial charge in [0.1, 0.15) is 0 Å². The van der Waals surface area contributed by atoms with Crippen LogP contribution in [0.15, 0.2) is 36.4 Å².